The van der Waals surface area contributed by atoms with Gasteiger partial charge in [-0.15, -0.1) is 0 Å². The lowest BCUT2D eigenvalue weighted by atomic mass is 10.0. The Balaban J connectivity index is 2.00. The molecule has 1 saturated carbocycles. The number of anilines is 1. The first-order valence-electron chi connectivity index (χ1n) is 7.77. The highest BCUT2D eigenvalue weighted by molar-refractivity contribution is 5.50. The second-order valence-corrected chi connectivity index (χ2v) is 6.33. The van der Waals surface area contributed by atoms with Gasteiger partial charge < -0.3 is 5.32 Å². The molecule has 0 heterocycles. The monoisotopic (exact) mass is 269 g/mol. The number of hydrogen-bond acceptors (Lipinski definition) is 1. The van der Waals surface area contributed by atoms with Gasteiger partial charge >= 0.3 is 0 Å². The molecule has 1 aromatic rings. The molecule has 0 unspecified atom stereocenters. The maximum atomic E-state index is 4.18. The smallest absolute Gasteiger partial charge is 0.0415 e. The zero-order valence-corrected chi connectivity index (χ0v) is 13.1. The maximum Gasteiger partial charge on any atom is 0.0415 e. The van der Waals surface area contributed by atoms with Crippen LogP contribution in [-0.4, -0.2) is 5.54 Å². The molecule has 0 amide bonds. The van der Waals surface area contributed by atoms with Crippen LogP contribution in [0.2, 0.25) is 0 Å². The fraction of sp³-hybridized carbons (Fsp3) is 0.474. The normalized spacial score (nSPS) is 16.6. The van der Waals surface area contributed by atoms with E-state index < -0.39 is 0 Å². The molecule has 1 N–H and O–H groups in total. The molecule has 0 bridgehead atoms. The summed E-state index contributed by atoms with van der Waals surface area (Å²) in [4.78, 5) is 0. The maximum absolute atomic E-state index is 4.18. The number of benzene rings is 1. The van der Waals surface area contributed by atoms with Crippen LogP contribution < -0.4 is 5.32 Å². The molecule has 108 valence electrons. The molecule has 1 aliphatic carbocycles. The Bertz CT molecular complexity index is 492. The van der Waals surface area contributed by atoms with Gasteiger partial charge in [-0.1, -0.05) is 57.2 Å². The van der Waals surface area contributed by atoms with Crippen LogP contribution in [0.3, 0.4) is 0 Å². The van der Waals surface area contributed by atoms with Gasteiger partial charge in [0.05, 0.1) is 0 Å². The SMILES string of the molecule is C=C(/C=C\CC)CC1(Nc2cccc(C(C)C)c2)CC1. The highest BCUT2D eigenvalue weighted by Gasteiger charge is 2.42. The van der Waals surface area contributed by atoms with Crippen molar-refractivity contribution in [2.24, 2.45) is 0 Å². The minimum absolute atomic E-state index is 0.255. The average molecular weight is 269 g/mol. The Morgan fingerprint density at radius 3 is 2.75 bits per heavy atom. The summed E-state index contributed by atoms with van der Waals surface area (Å²) < 4.78 is 0. The molecule has 20 heavy (non-hydrogen) atoms. The predicted molar refractivity (Wildman–Crippen MR) is 89.3 cm³/mol. The Kier molecular flexibility index (Phi) is 4.69. The molecule has 0 atom stereocenters. The van der Waals surface area contributed by atoms with Gasteiger partial charge in [-0.2, -0.15) is 0 Å². The molecule has 1 fully saturated rings. The highest BCUT2D eigenvalue weighted by atomic mass is 15.0. The second kappa shape index (κ2) is 6.30. The van der Waals surface area contributed by atoms with E-state index in [2.05, 4.69) is 69.1 Å². The van der Waals surface area contributed by atoms with Crippen molar-refractivity contribution in [3.8, 4) is 0 Å². The van der Waals surface area contributed by atoms with Crippen molar-refractivity contribution >= 4 is 5.69 Å². The lowest BCUT2D eigenvalue weighted by Crippen LogP contribution is -2.21. The Morgan fingerprint density at radius 2 is 2.15 bits per heavy atom. The summed E-state index contributed by atoms with van der Waals surface area (Å²) >= 11 is 0. The lowest BCUT2D eigenvalue weighted by Gasteiger charge is -2.20. The van der Waals surface area contributed by atoms with E-state index in [1.54, 1.807) is 0 Å². The van der Waals surface area contributed by atoms with Crippen molar-refractivity contribution in [1.82, 2.24) is 0 Å². The molecule has 0 aliphatic heterocycles. The van der Waals surface area contributed by atoms with E-state index in [0.29, 0.717) is 5.92 Å². The fourth-order valence-electron chi connectivity index (χ4n) is 2.56. The van der Waals surface area contributed by atoms with Crippen molar-refractivity contribution < 1.29 is 0 Å². The summed E-state index contributed by atoms with van der Waals surface area (Å²) in [6, 6.07) is 8.82. The summed E-state index contributed by atoms with van der Waals surface area (Å²) in [5.41, 5.74) is 4.14. The standard InChI is InChI=1S/C19H27N/c1-5-6-8-16(4)14-19(11-12-19)20-18-10-7-9-17(13-18)15(2)3/h6-10,13,15,20H,4-5,11-12,14H2,1-3H3/b8-6-. The molecule has 1 heteroatoms. The van der Waals surface area contributed by atoms with Crippen molar-refractivity contribution in [3.63, 3.8) is 0 Å². The molecule has 1 aromatic carbocycles. The van der Waals surface area contributed by atoms with Gasteiger partial charge in [-0.25, -0.2) is 0 Å². The average Bonchev–Trinajstić information content (AvgIpc) is 3.16. The van der Waals surface area contributed by atoms with E-state index in [-0.39, 0.29) is 5.54 Å². The third-order valence-electron chi connectivity index (χ3n) is 3.97. The molecule has 0 radical (unpaired) electrons. The third kappa shape index (κ3) is 4.00. The van der Waals surface area contributed by atoms with Crippen LogP contribution in [0, 0.1) is 0 Å². The van der Waals surface area contributed by atoms with Gasteiger partial charge in [0.1, 0.15) is 0 Å². The third-order valence-corrected chi connectivity index (χ3v) is 3.97. The minimum atomic E-state index is 0.255. The van der Waals surface area contributed by atoms with Crippen LogP contribution in [0.25, 0.3) is 0 Å². The zero-order valence-electron chi connectivity index (χ0n) is 13.1. The van der Waals surface area contributed by atoms with Crippen LogP contribution in [0.4, 0.5) is 5.69 Å². The van der Waals surface area contributed by atoms with E-state index >= 15 is 0 Å². The summed E-state index contributed by atoms with van der Waals surface area (Å²) in [6.07, 6.45) is 8.99. The predicted octanol–water partition coefficient (Wildman–Crippen LogP) is 5.67. The number of allylic oxidation sites excluding steroid dienone is 2. The van der Waals surface area contributed by atoms with Crippen LogP contribution in [0.5, 0.6) is 0 Å². The van der Waals surface area contributed by atoms with Crippen molar-refractivity contribution in [2.75, 3.05) is 5.32 Å². The molecule has 0 saturated heterocycles. The molecule has 1 nitrogen and oxygen atoms in total. The first-order chi connectivity index (χ1) is 9.54. The first kappa shape index (κ1) is 14.9. The van der Waals surface area contributed by atoms with Gasteiger partial charge in [0, 0.05) is 11.2 Å². The van der Waals surface area contributed by atoms with Gasteiger partial charge in [-0.3, -0.25) is 0 Å². The summed E-state index contributed by atoms with van der Waals surface area (Å²) in [6.45, 7) is 10.8. The highest BCUT2D eigenvalue weighted by Crippen LogP contribution is 2.44. The minimum Gasteiger partial charge on any atom is -0.379 e. The second-order valence-electron chi connectivity index (χ2n) is 6.33. The van der Waals surface area contributed by atoms with E-state index in [0.717, 1.165) is 12.8 Å². The first-order valence-corrected chi connectivity index (χ1v) is 7.77. The molecule has 2 rings (SSSR count). The van der Waals surface area contributed by atoms with Crippen LogP contribution in [0.15, 0.2) is 48.6 Å². The van der Waals surface area contributed by atoms with E-state index in [4.69, 9.17) is 0 Å². The molecule has 0 spiro atoms. The van der Waals surface area contributed by atoms with E-state index in [1.807, 2.05) is 0 Å². The van der Waals surface area contributed by atoms with Gasteiger partial charge in [0.15, 0.2) is 0 Å². The van der Waals surface area contributed by atoms with Gasteiger partial charge in [0.2, 0.25) is 0 Å². The van der Waals surface area contributed by atoms with Gasteiger partial charge in [-0.05, 0) is 49.3 Å². The number of hydrogen-bond donors (Lipinski definition) is 1. The molecular weight excluding hydrogens is 242 g/mol. The summed E-state index contributed by atoms with van der Waals surface area (Å²) in [5, 5.41) is 3.74. The summed E-state index contributed by atoms with van der Waals surface area (Å²) in [7, 11) is 0. The molecular formula is C19H27N. The molecule has 0 aromatic heterocycles. The quantitative estimate of drug-likeness (QED) is 0.629. The van der Waals surface area contributed by atoms with E-state index in [9.17, 15) is 0 Å². The Hall–Kier alpha value is -1.50. The van der Waals surface area contributed by atoms with Crippen LogP contribution in [-0.2, 0) is 0 Å². The van der Waals surface area contributed by atoms with Crippen molar-refractivity contribution in [2.45, 2.75) is 57.9 Å². The molecule has 1 aliphatic rings. The fourth-order valence-corrected chi connectivity index (χ4v) is 2.56. The Labute approximate surface area is 123 Å². The van der Waals surface area contributed by atoms with Crippen LogP contribution >= 0.6 is 0 Å². The van der Waals surface area contributed by atoms with Crippen molar-refractivity contribution in [3.05, 3.63) is 54.1 Å². The topological polar surface area (TPSA) is 12.0 Å². The van der Waals surface area contributed by atoms with Gasteiger partial charge in [0.25, 0.3) is 0 Å². The van der Waals surface area contributed by atoms with Crippen LogP contribution in [0.1, 0.15) is 57.9 Å². The zero-order chi connectivity index (χ0) is 14.6. The summed E-state index contributed by atoms with van der Waals surface area (Å²) in [5.74, 6) is 0.578. The largest absolute Gasteiger partial charge is 0.379 e. The number of rotatable bonds is 7. The van der Waals surface area contributed by atoms with Crippen molar-refractivity contribution in [1.29, 1.82) is 0 Å². The number of nitrogens with one attached hydrogen (secondary N) is 1. The van der Waals surface area contributed by atoms with E-state index in [1.165, 1.54) is 29.7 Å². The Morgan fingerprint density at radius 1 is 1.40 bits per heavy atom. The lowest BCUT2D eigenvalue weighted by molar-refractivity contribution is 0.730.